The van der Waals surface area contributed by atoms with E-state index in [2.05, 4.69) is 10.6 Å². The Balaban J connectivity index is 1.20. The fourth-order valence-electron chi connectivity index (χ4n) is 11.9. The van der Waals surface area contributed by atoms with Gasteiger partial charge in [-0.05, 0) is 61.2 Å². The zero-order chi connectivity index (χ0) is 57.2. The Morgan fingerprint density at radius 3 is 1.99 bits per heavy atom. The van der Waals surface area contributed by atoms with Crippen LogP contribution < -0.4 is 10.6 Å². The topological polar surface area (TPSA) is 294 Å². The zero-order valence-corrected chi connectivity index (χ0v) is 44.5. The summed E-state index contributed by atoms with van der Waals surface area (Å²) in [5.74, 6) is -9.89. The van der Waals surface area contributed by atoms with Gasteiger partial charge in [0.2, 0.25) is 12.0 Å². The number of imide groups is 1. The number of ether oxygens (including phenoxy) is 6. The molecule has 3 aromatic rings. The van der Waals surface area contributed by atoms with Crippen molar-refractivity contribution in [2.75, 3.05) is 19.7 Å². The summed E-state index contributed by atoms with van der Waals surface area (Å²) in [6, 6.07) is 22.2. The second-order valence-electron chi connectivity index (χ2n) is 21.2. The van der Waals surface area contributed by atoms with Crippen LogP contribution in [0.25, 0.3) is 0 Å². The molecule has 0 unspecified atom stereocenters. The molecule has 4 N–H and O–H groups in total. The molecule has 0 aromatic heterocycles. The number of benzene rings is 3. The third kappa shape index (κ3) is 11.0. The van der Waals surface area contributed by atoms with Gasteiger partial charge in [-0.1, -0.05) is 80.6 Å². The van der Waals surface area contributed by atoms with Gasteiger partial charge in [-0.3, -0.25) is 43.3 Å². The van der Waals surface area contributed by atoms with Crippen molar-refractivity contribution in [2.45, 2.75) is 128 Å². The summed E-state index contributed by atoms with van der Waals surface area (Å²) >= 11 is 0. The minimum Gasteiger partial charge on any atom is -0.455 e. The van der Waals surface area contributed by atoms with Gasteiger partial charge in [0.05, 0.1) is 29.6 Å². The van der Waals surface area contributed by atoms with E-state index in [1.54, 1.807) is 66.7 Å². The molecular formula is C58H63N3O18. The standard InChI is InChI=1S/C58H63N3O18/c1-32-38(76-54(72)48(46(35-17-10-7-11-18-35)60-52(70)36-19-12-8-13-20-36)77-44(68)24-16-23-41(65)59-27-28-61-42(66)25-26-43(61)67)30-58(73)51(78-53(71)37-21-14-9-15-22-37)49-56(6,39(64)29-40-57(49,31-74-40)79-34(3)63)50(69)47(75-33(2)62)45(32)55(58,4)5/h7-15,17-22,25-26,38-40,46-49,51,64,73H,16,23-24,27-31H2,1-6H3,(H,59,65)(H,60,70)/t38-,39-,40+,46-,47+,48+,49-,51-,56+,57-,58+/m0/s1. The number of rotatable bonds is 18. The van der Waals surface area contributed by atoms with Gasteiger partial charge < -0.3 is 49.3 Å². The normalized spacial score (nSPS) is 28.3. The van der Waals surface area contributed by atoms with E-state index in [4.69, 9.17) is 28.4 Å². The number of hydrogen-bond acceptors (Lipinski definition) is 18. The quantitative estimate of drug-likeness (QED) is 0.0613. The summed E-state index contributed by atoms with van der Waals surface area (Å²) in [5.41, 5.74) is -7.84. The van der Waals surface area contributed by atoms with Crippen molar-refractivity contribution in [1.29, 1.82) is 0 Å². The van der Waals surface area contributed by atoms with Crippen LogP contribution in [0.3, 0.4) is 0 Å². The van der Waals surface area contributed by atoms with Crippen LogP contribution >= 0.6 is 0 Å². The molecule has 418 valence electrons. The van der Waals surface area contributed by atoms with Crippen LogP contribution in [-0.2, 0) is 66.8 Å². The van der Waals surface area contributed by atoms with Gasteiger partial charge >= 0.3 is 29.8 Å². The summed E-state index contributed by atoms with van der Waals surface area (Å²) in [4.78, 5) is 138. The Bertz CT molecular complexity index is 2960. The van der Waals surface area contributed by atoms with Crippen molar-refractivity contribution in [3.8, 4) is 0 Å². The molecule has 11 atom stereocenters. The SMILES string of the molecule is CC(=O)O[C@H]1C(=O)[C@@]2(C)[C@H]([C@H](OC(=O)c3ccccc3)[C@]3(O)C[C@H](OC(=O)[C@H](OC(=O)CCCC(=O)NCCN4C(=O)C=CC4=O)[C@@H](NC(=O)c4ccccc4)c4ccccc4)C(C)=C1C3(C)C)[C@]1(OC(C)=O)CO[C@@H]1C[C@@H]2O. The number of aliphatic hydroxyl groups is 2. The molecule has 0 radical (unpaired) electrons. The monoisotopic (exact) mass is 1090 g/mol. The van der Waals surface area contributed by atoms with E-state index in [-0.39, 0.29) is 66.8 Å². The zero-order valence-electron chi connectivity index (χ0n) is 44.5. The van der Waals surface area contributed by atoms with Crippen molar-refractivity contribution in [3.05, 3.63) is 131 Å². The Morgan fingerprint density at radius 2 is 1.41 bits per heavy atom. The number of nitrogens with zero attached hydrogens (tertiary/aromatic N) is 1. The molecule has 3 fully saturated rings. The Hall–Kier alpha value is -7.88. The van der Waals surface area contributed by atoms with Gasteiger partial charge in [-0.2, -0.15) is 0 Å². The Labute approximate surface area is 454 Å². The number of amides is 4. The maximum atomic E-state index is 15.8. The molecule has 2 saturated carbocycles. The third-order valence-electron chi connectivity index (χ3n) is 16.1. The third-order valence-corrected chi connectivity index (χ3v) is 16.1. The Morgan fingerprint density at radius 1 is 0.797 bits per heavy atom. The minimum atomic E-state index is -2.52. The highest BCUT2D eigenvalue weighted by Gasteiger charge is 2.78. The molecule has 2 bridgehead atoms. The van der Waals surface area contributed by atoms with E-state index in [9.17, 15) is 48.6 Å². The molecule has 2 aliphatic heterocycles. The molecule has 3 aliphatic carbocycles. The predicted octanol–water partition coefficient (Wildman–Crippen LogP) is 3.50. The maximum Gasteiger partial charge on any atom is 0.350 e. The van der Waals surface area contributed by atoms with Gasteiger partial charge in [-0.15, -0.1) is 0 Å². The maximum absolute atomic E-state index is 15.8. The van der Waals surface area contributed by atoms with E-state index in [0.29, 0.717) is 0 Å². The van der Waals surface area contributed by atoms with E-state index in [1.165, 1.54) is 52.0 Å². The van der Waals surface area contributed by atoms with Crippen molar-refractivity contribution in [1.82, 2.24) is 15.5 Å². The molecule has 79 heavy (non-hydrogen) atoms. The van der Waals surface area contributed by atoms with Crippen LogP contribution in [0.15, 0.2) is 114 Å². The van der Waals surface area contributed by atoms with E-state index >= 15 is 9.59 Å². The Kier molecular flexibility index (Phi) is 16.6. The van der Waals surface area contributed by atoms with Crippen LogP contribution in [0.1, 0.15) is 106 Å². The van der Waals surface area contributed by atoms with Crippen LogP contribution in [-0.4, -0.2) is 142 Å². The lowest BCUT2D eigenvalue weighted by Crippen LogP contribution is -2.82. The average molecular weight is 1090 g/mol. The fraction of sp³-hybridized carbons (Fsp3) is 0.448. The number of carbonyl (C=O) groups excluding carboxylic acids is 10. The highest BCUT2D eigenvalue weighted by Crippen LogP contribution is 2.64. The molecule has 5 aliphatic rings. The smallest absolute Gasteiger partial charge is 0.350 e. The van der Waals surface area contributed by atoms with Gasteiger partial charge in [0.1, 0.15) is 30.0 Å². The highest BCUT2D eigenvalue weighted by atomic mass is 16.6. The number of hydrogen-bond donors (Lipinski definition) is 4. The van der Waals surface area contributed by atoms with Crippen molar-refractivity contribution in [3.63, 3.8) is 0 Å². The molecule has 8 rings (SSSR count). The second kappa shape index (κ2) is 22.8. The second-order valence-corrected chi connectivity index (χ2v) is 21.2. The summed E-state index contributed by atoms with van der Waals surface area (Å²) < 4.78 is 36.8. The molecule has 21 heteroatoms. The first-order valence-corrected chi connectivity index (χ1v) is 26.0. The first kappa shape index (κ1) is 57.3. The van der Waals surface area contributed by atoms with Crippen LogP contribution in [0, 0.1) is 16.7 Å². The van der Waals surface area contributed by atoms with Crippen molar-refractivity contribution < 1.29 is 86.6 Å². The predicted molar refractivity (Wildman–Crippen MR) is 274 cm³/mol. The van der Waals surface area contributed by atoms with Crippen LogP contribution in [0.2, 0.25) is 0 Å². The number of Topliss-reactive ketones (excluding diaryl/α,β-unsaturated/α-hetero) is 1. The summed E-state index contributed by atoms with van der Waals surface area (Å²) in [7, 11) is 0. The number of nitrogens with one attached hydrogen (secondary N) is 2. The number of aliphatic hydroxyl groups excluding tert-OH is 1. The number of carbonyl (C=O) groups is 10. The van der Waals surface area contributed by atoms with Gasteiger partial charge in [-0.25, -0.2) is 9.59 Å². The molecular weight excluding hydrogens is 1030 g/mol. The number of ketones is 1. The van der Waals surface area contributed by atoms with Gasteiger partial charge in [0.25, 0.3) is 17.7 Å². The van der Waals surface area contributed by atoms with Crippen molar-refractivity contribution in [2.24, 2.45) is 16.7 Å². The molecule has 3 aromatic carbocycles. The molecule has 21 nitrogen and oxygen atoms in total. The van der Waals surface area contributed by atoms with Gasteiger partial charge in [0, 0.05) is 75.8 Å². The van der Waals surface area contributed by atoms with E-state index in [1.807, 2.05) is 0 Å². The largest absolute Gasteiger partial charge is 0.455 e. The summed E-state index contributed by atoms with van der Waals surface area (Å²) in [5, 5.41) is 31.6. The van der Waals surface area contributed by atoms with Crippen LogP contribution in [0.5, 0.6) is 0 Å². The van der Waals surface area contributed by atoms with Crippen LogP contribution in [0.4, 0.5) is 0 Å². The van der Waals surface area contributed by atoms with Gasteiger partial charge in [0.15, 0.2) is 17.5 Å². The lowest BCUT2D eigenvalue weighted by atomic mass is 9.44. The molecule has 0 spiro atoms. The van der Waals surface area contributed by atoms with E-state index in [0.717, 1.165) is 30.9 Å². The summed E-state index contributed by atoms with van der Waals surface area (Å²) in [6.45, 7) is 7.55. The first-order chi connectivity index (χ1) is 37.4. The highest BCUT2D eigenvalue weighted by molar-refractivity contribution is 6.13. The molecule has 1 saturated heterocycles. The first-order valence-electron chi connectivity index (χ1n) is 26.0. The lowest BCUT2D eigenvalue weighted by molar-refractivity contribution is -0.346. The summed E-state index contributed by atoms with van der Waals surface area (Å²) in [6.07, 6.45) is -9.72. The average Bonchev–Trinajstić information content (AvgIpc) is 2.86. The molecule has 4 amide bonds. The lowest BCUT2D eigenvalue weighted by Gasteiger charge is -2.67. The number of fused-ring (bicyclic) bond motifs is 5. The number of esters is 5. The van der Waals surface area contributed by atoms with Crippen molar-refractivity contribution >= 4 is 59.3 Å². The minimum absolute atomic E-state index is 0.0160. The molecule has 2 heterocycles. The fourth-order valence-corrected chi connectivity index (χ4v) is 11.9. The van der Waals surface area contributed by atoms with E-state index < -0.39 is 143 Å².